The van der Waals surface area contributed by atoms with Gasteiger partial charge in [0.15, 0.2) is 11.5 Å². The molecule has 0 aliphatic carbocycles. The molecule has 154 valence electrons. The van der Waals surface area contributed by atoms with Crippen LogP contribution in [0.1, 0.15) is 24.0 Å². The first kappa shape index (κ1) is 20.8. The number of carbonyl (C=O) groups excluding carboxylic acids is 1. The molecule has 0 N–H and O–H groups in total. The Kier molecular flexibility index (Phi) is 7.17. The molecular formula is C24H29NO4. The van der Waals surface area contributed by atoms with E-state index in [1.165, 1.54) is 5.56 Å². The fourth-order valence-electron chi connectivity index (χ4n) is 3.83. The molecule has 1 fully saturated rings. The maximum absolute atomic E-state index is 12.7. The lowest BCUT2D eigenvalue weighted by atomic mass is 9.90. The SMILES string of the molecule is COc1ccc(C=CC(=O)N2CCC(Cc3ccccc3)CC2)c(OC)c1OC. The average molecular weight is 395 g/mol. The summed E-state index contributed by atoms with van der Waals surface area (Å²) in [5, 5.41) is 0. The lowest BCUT2D eigenvalue weighted by molar-refractivity contribution is -0.127. The molecule has 0 bridgehead atoms. The van der Waals surface area contributed by atoms with Gasteiger partial charge in [-0.1, -0.05) is 30.3 Å². The van der Waals surface area contributed by atoms with Crippen molar-refractivity contribution in [2.75, 3.05) is 34.4 Å². The Balaban J connectivity index is 1.60. The smallest absolute Gasteiger partial charge is 0.246 e. The van der Waals surface area contributed by atoms with Crippen LogP contribution in [-0.2, 0) is 11.2 Å². The Morgan fingerprint density at radius 2 is 1.66 bits per heavy atom. The van der Waals surface area contributed by atoms with Gasteiger partial charge in [0, 0.05) is 24.7 Å². The third-order valence-electron chi connectivity index (χ3n) is 5.43. The van der Waals surface area contributed by atoms with Crippen molar-refractivity contribution in [3.05, 3.63) is 59.7 Å². The molecule has 1 aliphatic heterocycles. The van der Waals surface area contributed by atoms with Gasteiger partial charge in [-0.15, -0.1) is 0 Å². The minimum Gasteiger partial charge on any atom is -0.493 e. The highest BCUT2D eigenvalue weighted by atomic mass is 16.5. The number of amides is 1. The van der Waals surface area contributed by atoms with Crippen LogP contribution in [0.3, 0.4) is 0 Å². The van der Waals surface area contributed by atoms with E-state index in [4.69, 9.17) is 14.2 Å². The lowest BCUT2D eigenvalue weighted by Gasteiger charge is -2.31. The highest BCUT2D eigenvalue weighted by molar-refractivity contribution is 5.92. The Hall–Kier alpha value is -2.95. The van der Waals surface area contributed by atoms with Gasteiger partial charge in [0.05, 0.1) is 21.3 Å². The third kappa shape index (κ3) is 5.11. The number of hydrogen-bond donors (Lipinski definition) is 0. The van der Waals surface area contributed by atoms with Gasteiger partial charge in [0.1, 0.15) is 0 Å². The number of likely N-dealkylation sites (tertiary alicyclic amines) is 1. The molecule has 1 amide bonds. The molecule has 2 aromatic rings. The molecule has 0 radical (unpaired) electrons. The molecule has 29 heavy (non-hydrogen) atoms. The molecule has 0 saturated carbocycles. The van der Waals surface area contributed by atoms with Gasteiger partial charge in [-0.3, -0.25) is 4.79 Å². The van der Waals surface area contributed by atoms with Crippen LogP contribution in [-0.4, -0.2) is 45.2 Å². The van der Waals surface area contributed by atoms with Crippen molar-refractivity contribution < 1.29 is 19.0 Å². The van der Waals surface area contributed by atoms with Gasteiger partial charge in [0.2, 0.25) is 11.7 Å². The Labute approximate surface area is 172 Å². The molecule has 5 heteroatoms. The number of hydrogen-bond acceptors (Lipinski definition) is 4. The second kappa shape index (κ2) is 10.0. The number of benzene rings is 2. The fraction of sp³-hybridized carbons (Fsp3) is 0.375. The molecule has 1 aliphatic rings. The van der Waals surface area contributed by atoms with Crippen molar-refractivity contribution in [3.63, 3.8) is 0 Å². The maximum Gasteiger partial charge on any atom is 0.246 e. The standard InChI is InChI=1S/C24H29NO4/c1-27-21-11-9-20(23(28-2)24(21)29-3)10-12-22(26)25-15-13-19(14-16-25)17-18-7-5-4-6-8-18/h4-12,19H,13-17H2,1-3H3. The van der Waals surface area contributed by atoms with Gasteiger partial charge in [0.25, 0.3) is 0 Å². The second-order valence-electron chi connectivity index (χ2n) is 7.22. The van der Waals surface area contributed by atoms with Crippen LogP contribution in [0.5, 0.6) is 17.2 Å². The van der Waals surface area contributed by atoms with Gasteiger partial charge < -0.3 is 19.1 Å². The van der Waals surface area contributed by atoms with Crippen LogP contribution in [0.2, 0.25) is 0 Å². The topological polar surface area (TPSA) is 48.0 Å². The molecule has 2 aromatic carbocycles. The Morgan fingerprint density at radius 3 is 2.28 bits per heavy atom. The van der Waals surface area contributed by atoms with Crippen LogP contribution in [0.15, 0.2) is 48.5 Å². The van der Waals surface area contributed by atoms with Crippen molar-refractivity contribution >= 4 is 12.0 Å². The minimum atomic E-state index is 0.0278. The summed E-state index contributed by atoms with van der Waals surface area (Å²) in [6.45, 7) is 1.59. The number of ether oxygens (including phenoxy) is 3. The van der Waals surface area contributed by atoms with Crippen molar-refractivity contribution in [2.45, 2.75) is 19.3 Å². The van der Waals surface area contributed by atoms with E-state index in [1.54, 1.807) is 39.5 Å². The number of carbonyl (C=O) groups is 1. The zero-order chi connectivity index (χ0) is 20.6. The van der Waals surface area contributed by atoms with Gasteiger partial charge >= 0.3 is 0 Å². The number of rotatable bonds is 7. The predicted molar refractivity (Wildman–Crippen MR) is 115 cm³/mol. The summed E-state index contributed by atoms with van der Waals surface area (Å²) in [7, 11) is 4.73. The van der Waals surface area contributed by atoms with E-state index >= 15 is 0 Å². The van der Waals surface area contributed by atoms with Crippen molar-refractivity contribution in [1.29, 1.82) is 0 Å². The van der Waals surface area contributed by atoms with E-state index in [-0.39, 0.29) is 5.91 Å². The van der Waals surface area contributed by atoms with E-state index in [1.807, 2.05) is 17.0 Å². The monoisotopic (exact) mass is 395 g/mol. The molecule has 1 saturated heterocycles. The molecule has 0 spiro atoms. The first-order valence-electron chi connectivity index (χ1n) is 9.96. The summed E-state index contributed by atoms with van der Waals surface area (Å²) in [6.07, 6.45) is 6.55. The first-order valence-corrected chi connectivity index (χ1v) is 9.96. The summed E-state index contributed by atoms with van der Waals surface area (Å²) in [5.74, 6) is 2.33. The minimum absolute atomic E-state index is 0.0278. The zero-order valence-electron chi connectivity index (χ0n) is 17.4. The highest BCUT2D eigenvalue weighted by Gasteiger charge is 2.22. The molecule has 3 rings (SSSR count). The summed E-state index contributed by atoms with van der Waals surface area (Å²) in [5.41, 5.74) is 2.15. The molecule has 0 aromatic heterocycles. The Bertz CT molecular complexity index is 839. The zero-order valence-corrected chi connectivity index (χ0v) is 17.4. The molecule has 0 atom stereocenters. The van der Waals surface area contributed by atoms with E-state index in [9.17, 15) is 4.79 Å². The summed E-state index contributed by atoms with van der Waals surface area (Å²) in [6, 6.07) is 14.2. The maximum atomic E-state index is 12.7. The number of nitrogens with zero attached hydrogens (tertiary/aromatic N) is 1. The van der Waals surface area contributed by atoms with Crippen molar-refractivity contribution in [2.24, 2.45) is 5.92 Å². The third-order valence-corrected chi connectivity index (χ3v) is 5.43. The normalized spacial score (nSPS) is 14.8. The average Bonchev–Trinajstić information content (AvgIpc) is 2.77. The van der Waals surface area contributed by atoms with Crippen molar-refractivity contribution in [3.8, 4) is 17.2 Å². The molecule has 0 unspecified atom stereocenters. The van der Waals surface area contributed by atoms with Crippen LogP contribution in [0, 0.1) is 5.92 Å². The van der Waals surface area contributed by atoms with E-state index in [2.05, 4.69) is 24.3 Å². The van der Waals surface area contributed by atoms with Gasteiger partial charge in [-0.05, 0) is 49.0 Å². The molecule has 5 nitrogen and oxygen atoms in total. The number of piperidine rings is 1. The summed E-state index contributed by atoms with van der Waals surface area (Å²) in [4.78, 5) is 14.6. The molecule has 1 heterocycles. The van der Waals surface area contributed by atoms with Crippen LogP contribution >= 0.6 is 0 Å². The van der Waals surface area contributed by atoms with E-state index < -0.39 is 0 Å². The van der Waals surface area contributed by atoms with Crippen LogP contribution in [0.25, 0.3) is 6.08 Å². The van der Waals surface area contributed by atoms with Crippen LogP contribution in [0.4, 0.5) is 0 Å². The number of methoxy groups -OCH3 is 3. The van der Waals surface area contributed by atoms with Gasteiger partial charge in [-0.25, -0.2) is 0 Å². The Morgan fingerprint density at radius 1 is 0.966 bits per heavy atom. The summed E-state index contributed by atoms with van der Waals surface area (Å²) < 4.78 is 16.2. The highest BCUT2D eigenvalue weighted by Crippen LogP contribution is 2.40. The van der Waals surface area contributed by atoms with E-state index in [0.29, 0.717) is 23.2 Å². The fourth-order valence-corrected chi connectivity index (χ4v) is 3.83. The van der Waals surface area contributed by atoms with Gasteiger partial charge in [-0.2, -0.15) is 0 Å². The lowest BCUT2D eigenvalue weighted by Crippen LogP contribution is -2.37. The van der Waals surface area contributed by atoms with Crippen molar-refractivity contribution in [1.82, 2.24) is 4.90 Å². The largest absolute Gasteiger partial charge is 0.493 e. The quantitative estimate of drug-likeness (QED) is 0.659. The predicted octanol–water partition coefficient (Wildman–Crippen LogP) is 4.21. The summed E-state index contributed by atoms with van der Waals surface area (Å²) >= 11 is 0. The van der Waals surface area contributed by atoms with Crippen LogP contribution < -0.4 is 14.2 Å². The second-order valence-corrected chi connectivity index (χ2v) is 7.22. The van der Waals surface area contributed by atoms with E-state index in [0.717, 1.165) is 37.9 Å². The first-order chi connectivity index (χ1) is 14.2. The molecular weight excluding hydrogens is 366 g/mol.